The van der Waals surface area contributed by atoms with Crippen molar-refractivity contribution >= 4 is 23.4 Å². The van der Waals surface area contributed by atoms with Crippen molar-refractivity contribution in [1.82, 2.24) is 30.2 Å². The second kappa shape index (κ2) is 5.59. The molecular formula is C11H8ClFN6S. The SMILES string of the molecule is Fc1ccc(-n2cc(CSc3ncn[nH]3)nn2)cc1Cl. The zero-order valence-corrected chi connectivity index (χ0v) is 11.6. The van der Waals surface area contributed by atoms with Gasteiger partial charge in [-0.2, -0.15) is 5.10 Å². The number of aromatic nitrogens is 6. The average Bonchev–Trinajstić information content (AvgIpc) is 3.10. The molecule has 0 saturated heterocycles. The van der Waals surface area contributed by atoms with E-state index in [1.807, 2.05) is 0 Å². The summed E-state index contributed by atoms with van der Waals surface area (Å²) < 4.78 is 14.6. The van der Waals surface area contributed by atoms with Crippen molar-refractivity contribution in [2.24, 2.45) is 0 Å². The topological polar surface area (TPSA) is 72.3 Å². The molecule has 0 unspecified atom stereocenters. The minimum atomic E-state index is -0.461. The van der Waals surface area contributed by atoms with E-state index in [0.29, 0.717) is 16.6 Å². The molecule has 1 N–H and O–H groups in total. The van der Waals surface area contributed by atoms with Gasteiger partial charge in [0.05, 0.1) is 22.6 Å². The molecule has 20 heavy (non-hydrogen) atoms. The number of thioether (sulfide) groups is 1. The summed E-state index contributed by atoms with van der Waals surface area (Å²) in [5.74, 6) is 0.140. The maximum Gasteiger partial charge on any atom is 0.183 e. The minimum Gasteiger partial charge on any atom is -0.254 e. The molecule has 1 aromatic carbocycles. The molecule has 0 aliphatic heterocycles. The number of benzene rings is 1. The Kier molecular flexibility index (Phi) is 3.66. The normalized spacial score (nSPS) is 10.9. The molecule has 9 heteroatoms. The first-order valence-electron chi connectivity index (χ1n) is 5.57. The lowest BCUT2D eigenvalue weighted by atomic mass is 10.3. The van der Waals surface area contributed by atoms with Gasteiger partial charge in [0.25, 0.3) is 0 Å². The van der Waals surface area contributed by atoms with E-state index in [9.17, 15) is 4.39 Å². The average molecular weight is 311 g/mol. The number of halogens is 2. The van der Waals surface area contributed by atoms with Crippen LogP contribution in [-0.4, -0.2) is 30.2 Å². The number of aromatic amines is 1. The van der Waals surface area contributed by atoms with Crippen LogP contribution in [0.5, 0.6) is 0 Å². The van der Waals surface area contributed by atoms with Gasteiger partial charge in [0.1, 0.15) is 12.1 Å². The summed E-state index contributed by atoms with van der Waals surface area (Å²) in [7, 11) is 0. The van der Waals surface area contributed by atoms with E-state index in [4.69, 9.17) is 11.6 Å². The summed E-state index contributed by atoms with van der Waals surface area (Å²) in [5, 5.41) is 15.3. The standard InChI is InChI=1S/C11H8ClFN6S/c12-9-3-8(1-2-10(9)13)19-4-7(16-18-19)5-20-11-14-6-15-17-11/h1-4,6H,5H2,(H,14,15,17). The van der Waals surface area contributed by atoms with Gasteiger partial charge in [0.15, 0.2) is 5.16 Å². The molecule has 2 heterocycles. The number of H-pyrrole nitrogens is 1. The van der Waals surface area contributed by atoms with Crippen molar-refractivity contribution in [1.29, 1.82) is 0 Å². The van der Waals surface area contributed by atoms with Crippen LogP contribution in [-0.2, 0) is 5.75 Å². The van der Waals surface area contributed by atoms with Crippen LogP contribution in [0.4, 0.5) is 4.39 Å². The Bertz CT molecular complexity index is 714. The van der Waals surface area contributed by atoms with Crippen molar-refractivity contribution < 1.29 is 4.39 Å². The fourth-order valence-electron chi connectivity index (χ4n) is 1.52. The van der Waals surface area contributed by atoms with Crippen LogP contribution in [0.15, 0.2) is 35.9 Å². The lowest BCUT2D eigenvalue weighted by Gasteiger charge is -2.00. The Morgan fingerprint density at radius 2 is 2.30 bits per heavy atom. The molecule has 0 amide bonds. The fraction of sp³-hybridized carbons (Fsp3) is 0.0909. The predicted molar refractivity (Wildman–Crippen MR) is 72.3 cm³/mol. The van der Waals surface area contributed by atoms with Gasteiger partial charge in [-0.1, -0.05) is 28.6 Å². The Morgan fingerprint density at radius 1 is 1.40 bits per heavy atom. The van der Waals surface area contributed by atoms with Crippen molar-refractivity contribution in [3.05, 3.63) is 47.3 Å². The van der Waals surface area contributed by atoms with E-state index in [-0.39, 0.29) is 5.02 Å². The fourth-order valence-corrected chi connectivity index (χ4v) is 2.35. The number of rotatable bonds is 4. The third kappa shape index (κ3) is 2.81. The lowest BCUT2D eigenvalue weighted by Crippen LogP contribution is -1.95. The first-order valence-corrected chi connectivity index (χ1v) is 6.93. The van der Waals surface area contributed by atoms with Crippen LogP contribution >= 0.6 is 23.4 Å². The molecular weight excluding hydrogens is 303 g/mol. The van der Waals surface area contributed by atoms with Crippen LogP contribution in [0.1, 0.15) is 5.69 Å². The summed E-state index contributed by atoms with van der Waals surface area (Å²) >= 11 is 7.20. The highest BCUT2D eigenvalue weighted by Gasteiger charge is 2.07. The van der Waals surface area contributed by atoms with Crippen LogP contribution in [0.3, 0.4) is 0 Å². The van der Waals surface area contributed by atoms with Gasteiger partial charge in [-0.25, -0.2) is 14.1 Å². The zero-order valence-electron chi connectivity index (χ0n) is 9.99. The number of nitrogens with one attached hydrogen (secondary N) is 1. The highest BCUT2D eigenvalue weighted by Crippen LogP contribution is 2.20. The van der Waals surface area contributed by atoms with Crippen molar-refractivity contribution in [2.75, 3.05) is 0 Å². The van der Waals surface area contributed by atoms with Gasteiger partial charge >= 0.3 is 0 Å². The van der Waals surface area contributed by atoms with Crippen LogP contribution in [0.2, 0.25) is 5.02 Å². The molecule has 0 bridgehead atoms. The lowest BCUT2D eigenvalue weighted by molar-refractivity contribution is 0.627. The van der Waals surface area contributed by atoms with Crippen molar-refractivity contribution in [3.63, 3.8) is 0 Å². The first kappa shape index (κ1) is 13.1. The molecule has 2 aromatic heterocycles. The van der Waals surface area contributed by atoms with Gasteiger partial charge in [-0.05, 0) is 18.2 Å². The molecule has 6 nitrogen and oxygen atoms in total. The Hall–Kier alpha value is -1.93. The van der Waals surface area contributed by atoms with Gasteiger partial charge in [-0.15, -0.1) is 5.10 Å². The van der Waals surface area contributed by atoms with E-state index in [1.165, 1.54) is 30.2 Å². The van der Waals surface area contributed by atoms with E-state index in [2.05, 4.69) is 25.5 Å². The van der Waals surface area contributed by atoms with Gasteiger partial charge < -0.3 is 0 Å². The molecule has 0 saturated carbocycles. The predicted octanol–water partition coefficient (Wildman–Crippen LogP) is 2.47. The molecule has 0 aliphatic rings. The second-order valence-corrected chi connectivity index (χ2v) is 5.20. The maximum atomic E-state index is 13.1. The zero-order chi connectivity index (χ0) is 13.9. The largest absolute Gasteiger partial charge is 0.254 e. The third-order valence-corrected chi connectivity index (χ3v) is 3.66. The smallest absolute Gasteiger partial charge is 0.183 e. The van der Waals surface area contributed by atoms with Crippen LogP contribution in [0.25, 0.3) is 5.69 Å². The molecule has 3 rings (SSSR count). The molecule has 102 valence electrons. The third-order valence-electron chi connectivity index (χ3n) is 2.46. The van der Waals surface area contributed by atoms with Crippen molar-refractivity contribution in [2.45, 2.75) is 10.9 Å². The molecule has 0 fully saturated rings. The van der Waals surface area contributed by atoms with Crippen molar-refractivity contribution in [3.8, 4) is 5.69 Å². The number of hydrogen-bond acceptors (Lipinski definition) is 5. The van der Waals surface area contributed by atoms with Gasteiger partial charge in [0.2, 0.25) is 0 Å². The van der Waals surface area contributed by atoms with E-state index >= 15 is 0 Å². The van der Waals surface area contributed by atoms with E-state index in [1.54, 1.807) is 16.9 Å². The quantitative estimate of drug-likeness (QED) is 0.749. The van der Waals surface area contributed by atoms with Gasteiger partial charge in [-0.3, -0.25) is 5.10 Å². The maximum absolute atomic E-state index is 13.1. The minimum absolute atomic E-state index is 0.0515. The summed E-state index contributed by atoms with van der Waals surface area (Å²) in [6.45, 7) is 0. The molecule has 0 radical (unpaired) electrons. The Labute approximate surface area is 122 Å². The first-order chi connectivity index (χ1) is 9.72. The van der Waals surface area contributed by atoms with Crippen LogP contribution in [0, 0.1) is 5.82 Å². The van der Waals surface area contributed by atoms with E-state index < -0.39 is 5.82 Å². The van der Waals surface area contributed by atoms with E-state index in [0.717, 1.165) is 5.69 Å². The molecule has 3 aromatic rings. The number of hydrogen-bond donors (Lipinski definition) is 1. The molecule has 0 spiro atoms. The summed E-state index contributed by atoms with van der Waals surface area (Å²) in [5.41, 5.74) is 1.42. The summed E-state index contributed by atoms with van der Waals surface area (Å²) in [6.07, 6.45) is 3.20. The second-order valence-electron chi connectivity index (χ2n) is 3.83. The van der Waals surface area contributed by atoms with Crippen LogP contribution < -0.4 is 0 Å². The van der Waals surface area contributed by atoms with Gasteiger partial charge in [0, 0.05) is 5.75 Å². The Morgan fingerprint density at radius 3 is 3.05 bits per heavy atom. The summed E-state index contributed by atoms with van der Waals surface area (Å²) in [4.78, 5) is 4.00. The number of nitrogens with zero attached hydrogens (tertiary/aromatic N) is 5. The highest BCUT2D eigenvalue weighted by molar-refractivity contribution is 7.98. The molecule has 0 aliphatic carbocycles. The monoisotopic (exact) mass is 310 g/mol. The summed E-state index contributed by atoms with van der Waals surface area (Å²) in [6, 6.07) is 4.38. The molecule has 0 atom stereocenters. The highest BCUT2D eigenvalue weighted by atomic mass is 35.5. The Balaban J connectivity index is 1.74.